The SMILES string of the molecule is CS(=O)(=O)Cc1cnc(-c2c[n+]([O-])ccc2C(F)(F)F)o1. The van der Waals surface area contributed by atoms with Crippen LogP contribution in [0.4, 0.5) is 13.2 Å². The van der Waals surface area contributed by atoms with Crippen LogP contribution in [0.15, 0.2) is 29.1 Å². The molecule has 2 aromatic rings. The van der Waals surface area contributed by atoms with Crippen molar-refractivity contribution in [3.8, 4) is 11.5 Å². The van der Waals surface area contributed by atoms with Crippen LogP contribution in [0, 0.1) is 5.21 Å². The highest BCUT2D eigenvalue weighted by atomic mass is 32.2. The van der Waals surface area contributed by atoms with Gasteiger partial charge in [0.1, 0.15) is 17.1 Å². The Morgan fingerprint density at radius 1 is 1.43 bits per heavy atom. The van der Waals surface area contributed by atoms with Crippen molar-refractivity contribution in [1.82, 2.24) is 4.98 Å². The predicted molar refractivity (Wildman–Crippen MR) is 64.4 cm³/mol. The van der Waals surface area contributed by atoms with Gasteiger partial charge in [0.15, 0.2) is 22.2 Å². The molecule has 0 atom stereocenters. The Balaban J connectivity index is 2.49. The lowest BCUT2D eigenvalue weighted by atomic mass is 10.1. The molecule has 0 N–H and O–H groups in total. The first kappa shape index (κ1) is 15.3. The fraction of sp³-hybridized carbons (Fsp3) is 0.273. The summed E-state index contributed by atoms with van der Waals surface area (Å²) in [5, 5.41) is 11.2. The van der Waals surface area contributed by atoms with Gasteiger partial charge in [0, 0.05) is 12.3 Å². The summed E-state index contributed by atoms with van der Waals surface area (Å²) in [6, 6.07) is 0.600. The number of sulfone groups is 1. The molecule has 0 unspecified atom stereocenters. The largest absolute Gasteiger partial charge is 0.619 e. The van der Waals surface area contributed by atoms with E-state index in [0.29, 0.717) is 18.5 Å². The van der Waals surface area contributed by atoms with Crippen LogP contribution in [-0.2, 0) is 21.8 Å². The normalized spacial score (nSPS) is 12.6. The number of halogens is 3. The number of hydrogen-bond acceptors (Lipinski definition) is 5. The highest BCUT2D eigenvalue weighted by molar-refractivity contribution is 7.89. The summed E-state index contributed by atoms with van der Waals surface area (Å²) in [6.45, 7) is 0. The third kappa shape index (κ3) is 3.72. The second-order valence-electron chi connectivity index (χ2n) is 4.33. The van der Waals surface area contributed by atoms with Crippen LogP contribution in [0.3, 0.4) is 0 Å². The molecule has 0 amide bonds. The van der Waals surface area contributed by atoms with Gasteiger partial charge in [-0.2, -0.15) is 17.9 Å². The fourth-order valence-electron chi connectivity index (χ4n) is 1.65. The second-order valence-corrected chi connectivity index (χ2v) is 6.47. The Bertz CT molecular complexity index is 768. The average molecular weight is 322 g/mol. The molecule has 0 radical (unpaired) electrons. The number of hydrogen-bond donors (Lipinski definition) is 0. The van der Waals surface area contributed by atoms with Crippen LogP contribution in [0.5, 0.6) is 0 Å². The van der Waals surface area contributed by atoms with Gasteiger partial charge >= 0.3 is 6.18 Å². The maximum atomic E-state index is 12.9. The minimum Gasteiger partial charge on any atom is -0.619 e. The molecular weight excluding hydrogens is 313 g/mol. The molecule has 0 saturated carbocycles. The molecule has 0 fully saturated rings. The number of pyridine rings is 1. The molecule has 0 aliphatic rings. The number of nitrogens with zero attached hydrogens (tertiary/aromatic N) is 2. The molecule has 0 bridgehead atoms. The van der Waals surface area contributed by atoms with Crippen LogP contribution >= 0.6 is 0 Å². The van der Waals surface area contributed by atoms with Gasteiger partial charge in [-0.3, -0.25) is 0 Å². The van der Waals surface area contributed by atoms with Gasteiger partial charge < -0.3 is 9.62 Å². The molecule has 0 spiro atoms. The first-order valence-corrected chi connectivity index (χ1v) is 7.55. The molecule has 2 aromatic heterocycles. The zero-order valence-electron chi connectivity index (χ0n) is 10.6. The summed E-state index contributed by atoms with van der Waals surface area (Å²) in [4.78, 5) is 3.60. The second kappa shape index (κ2) is 5.02. The van der Waals surface area contributed by atoms with Gasteiger partial charge in [0.05, 0.1) is 11.8 Å². The maximum absolute atomic E-state index is 12.9. The predicted octanol–water partition coefficient (Wildman–Crippen LogP) is 1.54. The van der Waals surface area contributed by atoms with Crippen molar-refractivity contribution in [3.05, 3.63) is 41.2 Å². The molecule has 0 aliphatic heterocycles. The van der Waals surface area contributed by atoms with Crippen molar-refractivity contribution in [2.45, 2.75) is 11.9 Å². The van der Waals surface area contributed by atoms with Crippen molar-refractivity contribution in [1.29, 1.82) is 0 Å². The smallest absolute Gasteiger partial charge is 0.417 e. The van der Waals surface area contributed by atoms with E-state index in [2.05, 4.69) is 4.98 Å². The van der Waals surface area contributed by atoms with E-state index in [0.717, 1.165) is 12.5 Å². The Morgan fingerprint density at radius 2 is 2.10 bits per heavy atom. The highest BCUT2D eigenvalue weighted by Crippen LogP contribution is 2.35. The Kier molecular flexibility index (Phi) is 3.66. The first-order chi connectivity index (χ1) is 9.56. The van der Waals surface area contributed by atoms with Crippen molar-refractivity contribution in [2.75, 3.05) is 6.26 Å². The lowest BCUT2D eigenvalue weighted by Crippen LogP contribution is -2.26. The summed E-state index contributed by atoms with van der Waals surface area (Å²) in [7, 11) is -3.42. The monoisotopic (exact) mass is 322 g/mol. The van der Waals surface area contributed by atoms with E-state index < -0.39 is 38.8 Å². The Morgan fingerprint density at radius 3 is 2.67 bits per heavy atom. The third-order valence-electron chi connectivity index (χ3n) is 2.43. The number of rotatable bonds is 3. The van der Waals surface area contributed by atoms with Crippen LogP contribution < -0.4 is 4.73 Å². The minimum absolute atomic E-state index is 0.109. The molecule has 0 aliphatic carbocycles. The molecule has 2 rings (SSSR count). The lowest BCUT2D eigenvalue weighted by molar-refractivity contribution is -0.605. The molecular formula is C11H9F3N2O4S. The number of aromatic nitrogens is 2. The van der Waals surface area contributed by atoms with Crippen LogP contribution in [0.25, 0.3) is 11.5 Å². The average Bonchev–Trinajstić information content (AvgIpc) is 2.73. The summed E-state index contributed by atoms with van der Waals surface area (Å²) < 4.78 is 66.0. The van der Waals surface area contributed by atoms with Crippen molar-refractivity contribution < 1.29 is 30.7 Å². The summed E-state index contributed by atoms with van der Waals surface area (Å²) in [5.41, 5.74) is -1.65. The van der Waals surface area contributed by atoms with E-state index in [1.54, 1.807) is 0 Å². The third-order valence-corrected chi connectivity index (χ3v) is 3.24. The summed E-state index contributed by atoms with van der Waals surface area (Å²) >= 11 is 0. The van der Waals surface area contributed by atoms with E-state index in [4.69, 9.17) is 4.42 Å². The quantitative estimate of drug-likeness (QED) is 0.632. The lowest BCUT2D eigenvalue weighted by Gasteiger charge is -2.09. The standard InChI is InChI=1S/C11H9F3N2O4S/c1-21(18,19)6-7-4-15-10(20-7)8-5-16(17)3-2-9(8)11(12,13)14/h2-5H,6H2,1H3. The highest BCUT2D eigenvalue weighted by Gasteiger charge is 2.36. The fourth-order valence-corrected chi connectivity index (χ4v) is 2.30. The Labute approximate surface area is 117 Å². The maximum Gasteiger partial charge on any atom is 0.417 e. The van der Waals surface area contributed by atoms with E-state index in [9.17, 15) is 26.8 Å². The molecule has 0 aromatic carbocycles. The van der Waals surface area contributed by atoms with Gasteiger partial charge in [-0.05, 0) is 0 Å². The zero-order valence-corrected chi connectivity index (χ0v) is 11.4. The molecule has 10 heteroatoms. The van der Waals surface area contributed by atoms with E-state index in [1.165, 1.54) is 0 Å². The topological polar surface area (TPSA) is 87.1 Å². The zero-order chi connectivity index (χ0) is 15.8. The first-order valence-electron chi connectivity index (χ1n) is 5.49. The van der Waals surface area contributed by atoms with Crippen molar-refractivity contribution in [3.63, 3.8) is 0 Å². The van der Waals surface area contributed by atoms with E-state index >= 15 is 0 Å². The molecule has 2 heterocycles. The van der Waals surface area contributed by atoms with E-state index in [1.807, 2.05) is 0 Å². The summed E-state index contributed by atoms with van der Waals surface area (Å²) in [5.74, 6) is -1.07. The van der Waals surface area contributed by atoms with Crippen molar-refractivity contribution >= 4 is 9.84 Å². The molecule has 21 heavy (non-hydrogen) atoms. The minimum atomic E-state index is -4.70. The van der Waals surface area contributed by atoms with Crippen LogP contribution in [-0.4, -0.2) is 19.7 Å². The van der Waals surface area contributed by atoms with Gasteiger partial charge in [0.25, 0.3) is 0 Å². The molecule has 6 nitrogen and oxygen atoms in total. The Hall–Kier alpha value is -2.10. The van der Waals surface area contributed by atoms with Gasteiger partial charge in [-0.1, -0.05) is 0 Å². The van der Waals surface area contributed by atoms with Crippen LogP contribution in [0.2, 0.25) is 0 Å². The molecule has 114 valence electrons. The number of oxazole rings is 1. The van der Waals surface area contributed by atoms with Gasteiger partial charge in [0.2, 0.25) is 5.89 Å². The summed E-state index contributed by atoms with van der Waals surface area (Å²) in [6.07, 6.45) is -1.37. The molecule has 0 saturated heterocycles. The number of alkyl halides is 3. The van der Waals surface area contributed by atoms with Gasteiger partial charge in [-0.15, -0.1) is 0 Å². The van der Waals surface area contributed by atoms with Gasteiger partial charge in [-0.25, -0.2) is 13.4 Å². The van der Waals surface area contributed by atoms with Crippen molar-refractivity contribution in [2.24, 2.45) is 0 Å². The van der Waals surface area contributed by atoms with Crippen LogP contribution in [0.1, 0.15) is 11.3 Å². The van der Waals surface area contributed by atoms with E-state index in [-0.39, 0.29) is 10.5 Å².